The lowest BCUT2D eigenvalue weighted by Crippen LogP contribution is -2.47. The number of aromatic amines is 2. The predicted octanol–water partition coefficient (Wildman–Crippen LogP) is 9.66. The number of aryl methyl sites for hydroxylation is 3. The zero-order valence-corrected chi connectivity index (χ0v) is 34.7. The Balaban J connectivity index is 1.67. The fraction of sp³-hybridized carbons (Fsp3) is 0.400. The summed E-state index contributed by atoms with van der Waals surface area (Å²) in [6.45, 7) is 29.0. The number of alkyl carbamates (subject to hydrolysis) is 1. The largest absolute Gasteiger partial charge is 0.460 e. The quantitative estimate of drug-likeness (QED) is 0.119. The van der Waals surface area contributed by atoms with Crippen LogP contribution in [-0.4, -0.2) is 55.3 Å². The van der Waals surface area contributed by atoms with Crippen LogP contribution in [0.15, 0.2) is 43.5 Å². The van der Waals surface area contributed by atoms with Gasteiger partial charge in [-0.15, -0.1) is 0 Å². The lowest BCUT2D eigenvalue weighted by Gasteiger charge is -2.22. The van der Waals surface area contributed by atoms with Crippen LogP contribution in [0.5, 0.6) is 0 Å². The van der Waals surface area contributed by atoms with Gasteiger partial charge in [0.05, 0.1) is 22.8 Å². The van der Waals surface area contributed by atoms with Gasteiger partial charge in [-0.3, -0.25) is 9.59 Å². The zero-order chi connectivity index (χ0) is 41.3. The molecule has 2 aliphatic rings. The molecule has 0 saturated heterocycles. The number of aromatic nitrogens is 4. The van der Waals surface area contributed by atoms with E-state index in [1.54, 1.807) is 27.7 Å². The molecule has 0 saturated carbocycles. The molecule has 0 aliphatic carbocycles. The van der Waals surface area contributed by atoms with Crippen LogP contribution >= 0.6 is 0 Å². The van der Waals surface area contributed by atoms with Crippen molar-refractivity contribution >= 4 is 68.4 Å². The van der Waals surface area contributed by atoms with Gasteiger partial charge in [-0.2, -0.15) is 0 Å². The first-order valence-corrected chi connectivity index (χ1v) is 19.1. The molecular formula is C45H56N6O5. The number of hydrogen-bond donors (Lipinski definition) is 4. The van der Waals surface area contributed by atoms with E-state index < -0.39 is 23.5 Å². The minimum atomic E-state index is -0.664. The normalized spacial score (nSPS) is 13.7. The third kappa shape index (κ3) is 9.56. The Morgan fingerprint density at radius 1 is 0.714 bits per heavy atom. The van der Waals surface area contributed by atoms with Gasteiger partial charge in [-0.05, 0) is 147 Å². The SMILES string of the molecule is C=CC1=C(C)c2cc3nc(cc4[nH]c(cc5[nH]c(cc1n2)c(C)c5C=C)c(C)c4CCC(=O)OC(C)(C)C)C(CCC(=O)NC(C)NC(=O)OC(C)(C)C)=C3C. The van der Waals surface area contributed by atoms with Gasteiger partial charge in [0, 0.05) is 46.0 Å². The van der Waals surface area contributed by atoms with Gasteiger partial charge in [0.25, 0.3) is 0 Å². The van der Waals surface area contributed by atoms with Gasteiger partial charge in [0.2, 0.25) is 5.91 Å². The number of esters is 1. The van der Waals surface area contributed by atoms with Crippen LogP contribution in [0.3, 0.4) is 0 Å². The number of rotatable bonds is 10. The second-order valence-electron chi connectivity index (χ2n) is 16.5. The predicted molar refractivity (Wildman–Crippen MR) is 226 cm³/mol. The Hall–Kier alpha value is -5.71. The van der Waals surface area contributed by atoms with E-state index >= 15 is 0 Å². The van der Waals surface area contributed by atoms with Crippen LogP contribution in [-0.2, 0) is 25.5 Å². The average molecular weight is 761 g/mol. The minimum absolute atomic E-state index is 0.146. The number of ether oxygens (including phenoxy) is 2. The van der Waals surface area contributed by atoms with Crippen molar-refractivity contribution in [1.29, 1.82) is 0 Å². The summed E-state index contributed by atoms with van der Waals surface area (Å²) in [4.78, 5) is 55.9. The van der Waals surface area contributed by atoms with Crippen molar-refractivity contribution in [2.24, 2.45) is 0 Å². The number of hydrogen-bond acceptors (Lipinski definition) is 7. The van der Waals surface area contributed by atoms with E-state index in [4.69, 9.17) is 19.4 Å². The Morgan fingerprint density at radius 2 is 1.32 bits per heavy atom. The molecule has 1 atom stereocenters. The van der Waals surface area contributed by atoms with Crippen molar-refractivity contribution in [3.8, 4) is 0 Å². The fourth-order valence-corrected chi connectivity index (χ4v) is 7.00. The van der Waals surface area contributed by atoms with Crippen molar-refractivity contribution in [3.63, 3.8) is 0 Å². The Labute approximate surface area is 329 Å². The van der Waals surface area contributed by atoms with E-state index in [-0.39, 0.29) is 24.7 Å². The minimum Gasteiger partial charge on any atom is -0.460 e. The molecule has 2 aliphatic heterocycles. The maximum Gasteiger partial charge on any atom is 0.409 e. The Kier molecular flexibility index (Phi) is 12.0. The van der Waals surface area contributed by atoms with Crippen molar-refractivity contribution in [2.75, 3.05) is 0 Å². The summed E-state index contributed by atoms with van der Waals surface area (Å²) in [5.41, 5.74) is 12.9. The summed E-state index contributed by atoms with van der Waals surface area (Å²) < 4.78 is 11.0. The maximum absolute atomic E-state index is 13.2. The molecule has 2 amide bonds. The molecule has 56 heavy (non-hydrogen) atoms. The molecule has 5 rings (SSSR count). The first-order chi connectivity index (χ1) is 26.2. The number of allylic oxidation sites excluding steroid dienone is 5. The van der Waals surface area contributed by atoms with Crippen molar-refractivity contribution < 1.29 is 23.9 Å². The molecule has 5 heterocycles. The molecule has 0 radical (unpaired) electrons. The fourth-order valence-electron chi connectivity index (χ4n) is 7.00. The summed E-state index contributed by atoms with van der Waals surface area (Å²) in [6.07, 6.45) is 3.59. The maximum atomic E-state index is 13.2. The monoisotopic (exact) mass is 760 g/mol. The lowest BCUT2D eigenvalue weighted by atomic mass is 9.99. The topological polar surface area (TPSA) is 151 Å². The molecule has 11 heteroatoms. The lowest BCUT2D eigenvalue weighted by molar-refractivity contribution is -0.154. The van der Waals surface area contributed by atoms with Gasteiger partial charge >= 0.3 is 12.1 Å². The molecule has 8 bridgehead atoms. The molecule has 0 spiro atoms. The van der Waals surface area contributed by atoms with Crippen molar-refractivity contribution in [3.05, 3.63) is 88.5 Å². The van der Waals surface area contributed by atoms with Crippen molar-refractivity contribution in [1.82, 2.24) is 30.6 Å². The van der Waals surface area contributed by atoms with Crippen LogP contribution < -0.4 is 10.6 Å². The van der Waals surface area contributed by atoms with Crippen molar-refractivity contribution in [2.45, 2.75) is 119 Å². The summed E-state index contributed by atoms with van der Waals surface area (Å²) in [7, 11) is 0. The van der Waals surface area contributed by atoms with E-state index in [0.717, 1.165) is 83.7 Å². The van der Waals surface area contributed by atoms with E-state index in [1.807, 2.05) is 71.9 Å². The first kappa shape index (κ1) is 41.5. The van der Waals surface area contributed by atoms with Gasteiger partial charge in [-0.1, -0.05) is 25.3 Å². The van der Waals surface area contributed by atoms with Crippen LogP contribution in [0.4, 0.5) is 4.79 Å². The van der Waals surface area contributed by atoms with Crippen LogP contribution in [0, 0.1) is 13.8 Å². The van der Waals surface area contributed by atoms with E-state index in [0.29, 0.717) is 18.5 Å². The van der Waals surface area contributed by atoms with E-state index in [9.17, 15) is 14.4 Å². The molecule has 0 fully saturated rings. The standard InChI is InChI=1S/C45H56N6O5/c1-14-29-24(3)33-20-34-26(5)31(16-18-41(52)46-28(7)47-43(54)56-45(11,12)13)39(50-34)23-40-32(17-19-42(53)55-44(8,9)10)27(6)36(51-40)22-38-30(15-2)25(4)35(49-38)21-37(29)48-33/h14-15,20-23,28,49,51H,1-2,16-19H2,3-13H3,(H,46,52)(H,47,54). The number of nitrogens with zero attached hydrogens (tertiary/aromatic N) is 2. The highest BCUT2D eigenvalue weighted by molar-refractivity contribution is 5.98. The molecule has 4 N–H and O–H groups in total. The molecule has 1 unspecified atom stereocenters. The second kappa shape index (κ2) is 16.2. The molecule has 3 aromatic rings. The molecular weight excluding hydrogens is 705 g/mol. The number of carbonyl (C=O) groups is 3. The van der Waals surface area contributed by atoms with Gasteiger partial charge in [0.15, 0.2) is 0 Å². The van der Waals surface area contributed by atoms with Gasteiger partial charge < -0.3 is 30.1 Å². The summed E-state index contributed by atoms with van der Waals surface area (Å²) >= 11 is 0. The molecule has 296 valence electrons. The zero-order valence-electron chi connectivity index (χ0n) is 34.7. The molecule has 11 nitrogen and oxygen atoms in total. The highest BCUT2D eigenvalue weighted by Gasteiger charge is 2.24. The van der Waals surface area contributed by atoms with Crippen LogP contribution in [0.2, 0.25) is 0 Å². The average Bonchev–Trinajstić information content (AvgIpc) is 3.73. The Morgan fingerprint density at radius 3 is 1.96 bits per heavy atom. The highest BCUT2D eigenvalue weighted by atomic mass is 16.6. The number of fused-ring (bicyclic) bond motifs is 8. The van der Waals surface area contributed by atoms with Gasteiger partial charge in [-0.25, -0.2) is 14.8 Å². The van der Waals surface area contributed by atoms with Gasteiger partial charge in [0.1, 0.15) is 17.4 Å². The van der Waals surface area contributed by atoms with E-state index in [1.165, 1.54) is 0 Å². The summed E-state index contributed by atoms with van der Waals surface area (Å²) in [5, 5.41) is 5.52. The van der Waals surface area contributed by atoms with Crippen LogP contribution in [0.25, 0.3) is 50.4 Å². The molecule has 3 aromatic heterocycles. The molecule has 0 aromatic carbocycles. The third-order valence-corrected chi connectivity index (χ3v) is 9.76. The first-order valence-electron chi connectivity index (χ1n) is 19.1. The second-order valence-corrected chi connectivity index (χ2v) is 16.5. The van der Waals surface area contributed by atoms with Crippen LogP contribution in [0.1, 0.15) is 127 Å². The highest BCUT2D eigenvalue weighted by Crippen LogP contribution is 2.37. The number of carbonyl (C=O) groups excluding carboxylic acids is 3. The van der Waals surface area contributed by atoms with E-state index in [2.05, 4.69) is 46.7 Å². The summed E-state index contributed by atoms with van der Waals surface area (Å²) in [5.74, 6) is -0.517. The third-order valence-electron chi connectivity index (χ3n) is 9.76. The number of H-pyrrole nitrogens is 2. The Bertz CT molecular complexity index is 2340. The number of amides is 2. The number of nitrogens with one attached hydrogen (secondary N) is 4. The smallest absolute Gasteiger partial charge is 0.409 e. The summed E-state index contributed by atoms with van der Waals surface area (Å²) in [6, 6.07) is 8.10.